The number of nitrogens with zero attached hydrogens (tertiary/aromatic N) is 2. The number of fused-ring (bicyclic) bond motifs is 2. The minimum absolute atomic E-state index is 0.0619. The molecule has 5 nitrogen and oxygen atoms in total. The highest BCUT2D eigenvalue weighted by molar-refractivity contribution is 9.10. The summed E-state index contributed by atoms with van der Waals surface area (Å²) in [7, 11) is 0. The van der Waals surface area contributed by atoms with Gasteiger partial charge in [0.1, 0.15) is 11.9 Å². The number of carbonyl (C=O) groups excluding carboxylic acids is 2. The maximum absolute atomic E-state index is 13.1. The molecule has 1 saturated heterocycles. The van der Waals surface area contributed by atoms with Crippen LogP contribution in [0.1, 0.15) is 10.9 Å². The molecule has 3 aromatic carbocycles. The molecular formula is C23H17BrClN3O2S2. The van der Waals surface area contributed by atoms with Gasteiger partial charge in [-0.25, -0.2) is 5.01 Å². The summed E-state index contributed by atoms with van der Waals surface area (Å²) in [6.45, 7) is 0.0619. The Labute approximate surface area is 207 Å². The van der Waals surface area contributed by atoms with E-state index in [0.717, 1.165) is 31.2 Å². The first-order valence-electron chi connectivity index (χ1n) is 9.82. The second-order valence-corrected chi connectivity index (χ2v) is 10.8. The molecule has 1 unspecified atom stereocenters. The zero-order valence-electron chi connectivity index (χ0n) is 16.6. The second kappa shape index (κ2) is 9.02. The molecule has 1 atom stereocenters. The number of halogens is 2. The first-order valence-corrected chi connectivity index (χ1v) is 12.9. The van der Waals surface area contributed by atoms with E-state index in [1.807, 2.05) is 71.6 Å². The highest BCUT2D eigenvalue weighted by atomic mass is 79.9. The average Bonchev–Trinajstić information content (AvgIpc) is 3.14. The molecule has 5 rings (SSSR count). The molecule has 2 heterocycles. The summed E-state index contributed by atoms with van der Waals surface area (Å²) in [6.07, 6.45) is 0. The Morgan fingerprint density at radius 1 is 1.06 bits per heavy atom. The van der Waals surface area contributed by atoms with Gasteiger partial charge in [-0.3, -0.25) is 15.0 Å². The molecule has 2 aliphatic rings. The number of hydrogen-bond acceptors (Lipinski definition) is 5. The number of anilines is 2. The lowest BCUT2D eigenvalue weighted by atomic mass is 10.2. The van der Waals surface area contributed by atoms with Crippen LogP contribution in [0.2, 0.25) is 5.02 Å². The summed E-state index contributed by atoms with van der Waals surface area (Å²) < 4.78 is 0.963. The molecule has 2 amide bonds. The topological polar surface area (TPSA) is 52.7 Å². The number of hydrogen-bond donors (Lipinski definition) is 1. The van der Waals surface area contributed by atoms with Crippen LogP contribution in [0.4, 0.5) is 11.4 Å². The summed E-state index contributed by atoms with van der Waals surface area (Å²) in [4.78, 5) is 29.7. The van der Waals surface area contributed by atoms with E-state index < -0.39 is 0 Å². The number of thioether (sulfide) groups is 1. The smallest absolute Gasteiger partial charge is 0.258 e. The fraction of sp³-hybridized carbons (Fsp3) is 0.130. The minimum atomic E-state index is -0.268. The predicted octanol–water partition coefficient (Wildman–Crippen LogP) is 6.01. The van der Waals surface area contributed by atoms with E-state index in [1.165, 1.54) is 16.8 Å². The fourth-order valence-electron chi connectivity index (χ4n) is 3.70. The number of amides is 2. The molecule has 3 aromatic rings. The van der Waals surface area contributed by atoms with Crippen molar-refractivity contribution >= 4 is 74.2 Å². The van der Waals surface area contributed by atoms with Gasteiger partial charge in [0.15, 0.2) is 0 Å². The molecule has 0 aromatic heterocycles. The molecule has 2 aliphatic heterocycles. The molecule has 162 valence electrons. The number of rotatable bonds is 4. The van der Waals surface area contributed by atoms with Crippen LogP contribution in [-0.4, -0.2) is 29.1 Å². The molecule has 0 radical (unpaired) electrons. The number of benzene rings is 3. The van der Waals surface area contributed by atoms with Crippen LogP contribution in [0.15, 0.2) is 81.0 Å². The first kappa shape index (κ1) is 21.7. The lowest BCUT2D eigenvalue weighted by Crippen LogP contribution is -2.48. The molecule has 0 spiro atoms. The second-order valence-electron chi connectivity index (χ2n) is 7.28. The van der Waals surface area contributed by atoms with E-state index in [1.54, 1.807) is 11.8 Å². The summed E-state index contributed by atoms with van der Waals surface area (Å²) in [5, 5.41) is 1.79. The van der Waals surface area contributed by atoms with Crippen LogP contribution in [0.25, 0.3) is 0 Å². The van der Waals surface area contributed by atoms with Gasteiger partial charge in [0.25, 0.3) is 11.8 Å². The maximum Gasteiger partial charge on any atom is 0.258 e. The van der Waals surface area contributed by atoms with Gasteiger partial charge in [-0.15, -0.1) is 11.8 Å². The molecule has 32 heavy (non-hydrogen) atoms. The van der Waals surface area contributed by atoms with Gasteiger partial charge in [0.05, 0.1) is 17.1 Å². The van der Waals surface area contributed by atoms with E-state index in [-0.39, 0.29) is 23.7 Å². The largest absolute Gasteiger partial charge is 0.330 e. The molecule has 1 fully saturated rings. The van der Waals surface area contributed by atoms with Crippen molar-refractivity contribution in [1.29, 1.82) is 0 Å². The lowest BCUT2D eigenvalue weighted by molar-refractivity contribution is -0.138. The van der Waals surface area contributed by atoms with Crippen LogP contribution < -0.4 is 10.3 Å². The highest BCUT2D eigenvalue weighted by Crippen LogP contribution is 2.48. The zero-order valence-corrected chi connectivity index (χ0v) is 20.6. The Kier molecular flexibility index (Phi) is 6.11. The quantitative estimate of drug-likeness (QED) is 0.434. The summed E-state index contributed by atoms with van der Waals surface area (Å²) in [5.74, 6) is -0.0623. The predicted molar refractivity (Wildman–Crippen MR) is 133 cm³/mol. The Morgan fingerprint density at radius 2 is 1.81 bits per heavy atom. The van der Waals surface area contributed by atoms with Crippen LogP contribution >= 0.6 is 51.1 Å². The maximum atomic E-state index is 13.1. The van der Waals surface area contributed by atoms with Gasteiger partial charge in [0, 0.05) is 19.3 Å². The van der Waals surface area contributed by atoms with Crippen LogP contribution in [0, 0.1) is 0 Å². The van der Waals surface area contributed by atoms with Crippen molar-refractivity contribution in [3.63, 3.8) is 0 Å². The number of para-hydroxylation sites is 1. The van der Waals surface area contributed by atoms with E-state index in [0.29, 0.717) is 10.8 Å². The molecule has 0 aliphatic carbocycles. The van der Waals surface area contributed by atoms with E-state index in [9.17, 15) is 9.59 Å². The number of hydrazine groups is 1. The van der Waals surface area contributed by atoms with Gasteiger partial charge in [-0.2, -0.15) is 0 Å². The standard InChI is InChI=1S/C23H17BrClN3O2S2/c24-15-7-5-14(6-8-15)23-28(22(30)13-31-23)26-21(29)12-27-17-3-1-2-4-19(17)32-20-10-9-16(25)11-18(20)27/h1-11,23H,12-13H2,(H,26,29). The third kappa shape index (κ3) is 4.24. The SMILES string of the molecule is O=C(CN1c2ccccc2Sc2ccc(Cl)cc21)NN1C(=O)CSC1c1ccc(Br)cc1. The average molecular weight is 547 g/mol. The fourth-order valence-corrected chi connectivity index (χ4v) is 6.32. The zero-order chi connectivity index (χ0) is 22.2. The van der Waals surface area contributed by atoms with Crippen LogP contribution in [-0.2, 0) is 9.59 Å². The first-order chi connectivity index (χ1) is 15.5. The number of nitrogens with one attached hydrogen (secondary N) is 1. The Hall–Kier alpha value is -2.13. The minimum Gasteiger partial charge on any atom is -0.330 e. The van der Waals surface area contributed by atoms with Gasteiger partial charge in [-0.05, 0) is 48.0 Å². The molecule has 0 saturated carbocycles. The highest BCUT2D eigenvalue weighted by Gasteiger charge is 2.35. The van der Waals surface area contributed by atoms with Crippen molar-refractivity contribution in [2.24, 2.45) is 0 Å². The van der Waals surface area contributed by atoms with Gasteiger partial charge >= 0.3 is 0 Å². The number of carbonyl (C=O) groups is 2. The van der Waals surface area contributed by atoms with Gasteiger partial charge in [0.2, 0.25) is 0 Å². The van der Waals surface area contributed by atoms with Crippen molar-refractivity contribution in [2.45, 2.75) is 15.2 Å². The van der Waals surface area contributed by atoms with Crippen molar-refractivity contribution in [3.8, 4) is 0 Å². The van der Waals surface area contributed by atoms with E-state index in [4.69, 9.17) is 11.6 Å². The molecule has 9 heteroatoms. The van der Waals surface area contributed by atoms with E-state index >= 15 is 0 Å². The Balaban J connectivity index is 1.40. The van der Waals surface area contributed by atoms with Crippen LogP contribution in [0.3, 0.4) is 0 Å². The van der Waals surface area contributed by atoms with Gasteiger partial charge in [-0.1, -0.05) is 63.6 Å². The summed E-state index contributed by atoms with van der Waals surface area (Å²) >= 11 is 12.8. The third-order valence-electron chi connectivity index (χ3n) is 5.16. The van der Waals surface area contributed by atoms with Crippen molar-refractivity contribution in [2.75, 3.05) is 17.2 Å². The molecular weight excluding hydrogens is 530 g/mol. The van der Waals surface area contributed by atoms with Crippen molar-refractivity contribution in [1.82, 2.24) is 10.4 Å². The van der Waals surface area contributed by atoms with Gasteiger partial charge < -0.3 is 4.90 Å². The normalized spacial score (nSPS) is 17.2. The summed E-state index contributed by atoms with van der Waals surface area (Å²) in [6, 6.07) is 21.4. The van der Waals surface area contributed by atoms with Crippen LogP contribution in [0.5, 0.6) is 0 Å². The van der Waals surface area contributed by atoms with Crippen molar-refractivity contribution in [3.05, 3.63) is 81.8 Å². The summed E-state index contributed by atoms with van der Waals surface area (Å²) in [5.41, 5.74) is 5.62. The molecule has 1 N–H and O–H groups in total. The third-order valence-corrected chi connectivity index (χ3v) is 8.26. The monoisotopic (exact) mass is 545 g/mol. The lowest BCUT2D eigenvalue weighted by Gasteiger charge is -2.33. The van der Waals surface area contributed by atoms with Crippen molar-refractivity contribution < 1.29 is 9.59 Å². The Bertz CT molecular complexity index is 1210. The Morgan fingerprint density at radius 3 is 2.62 bits per heavy atom. The van der Waals surface area contributed by atoms with E-state index in [2.05, 4.69) is 21.4 Å². The molecule has 0 bridgehead atoms.